The molecule has 1 aromatic carbocycles. The number of hydrogen-bond acceptors (Lipinski definition) is 4. The fraction of sp³-hybridized carbons (Fsp3) is 0.417. The van der Waals surface area contributed by atoms with Crippen LogP contribution in [0, 0.1) is 0 Å². The lowest BCUT2D eigenvalue weighted by atomic mass is 10.1. The van der Waals surface area contributed by atoms with Crippen LogP contribution in [-0.2, 0) is 4.74 Å². The highest BCUT2D eigenvalue weighted by Gasteiger charge is 2.21. The van der Waals surface area contributed by atoms with E-state index in [0.29, 0.717) is 30.3 Å². The van der Waals surface area contributed by atoms with Crippen molar-refractivity contribution in [2.45, 2.75) is 6.04 Å². The Balaban J connectivity index is 2.14. The molecule has 1 fully saturated rings. The highest BCUT2D eigenvalue weighted by atomic mass is 16.5. The Kier molecular flexibility index (Phi) is 3.49. The zero-order chi connectivity index (χ0) is 12.3. The SMILES string of the molecule is COc1cc(OC)cc(C(=O)NC2COC2)c1. The van der Waals surface area contributed by atoms with E-state index in [9.17, 15) is 4.79 Å². The molecule has 0 radical (unpaired) electrons. The molecule has 1 amide bonds. The van der Waals surface area contributed by atoms with Crippen molar-refractivity contribution < 1.29 is 19.0 Å². The first-order chi connectivity index (χ1) is 8.22. The molecule has 0 aliphatic carbocycles. The minimum atomic E-state index is -0.143. The van der Waals surface area contributed by atoms with E-state index < -0.39 is 0 Å². The Labute approximate surface area is 99.7 Å². The summed E-state index contributed by atoms with van der Waals surface area (Å²) in [6.45, 7) is 1.15. The summed E-state index contributed by atoms with van der Waals surface area (Å²) >= 11 is 0. The van der Waals surface area contributed by atoms with Gasteiger partial charge in [-0.1, -0.05) is 0 Å². The molecule has 2 rings (SSSR count). The zero-order valence-electron chi connectivity index (χ0n) is 9.86. The Morgan fingerprint density at radius 1 is 1.24 bits per heavy atom. The molecule has 1 N–H and O–H groups in total. The van der Waals surface area contributed by atoms with Gasteiger partial charge in [-0.3, -0.25) is 4.79 Å². The van der Waals surface area contributed by atoms with Crippen LogP contribution in [0.25, 0.3) is 0 Å². The third-order valence-corrected chi connectivity index (χ3v) is 2.59. The topological polar surface area (TPSA) is 56.8 Å². The van der Waals surface area contributed by atoms with Crippen molar-refractivity contribution in [3.63, 3.8) is 0 Å². The van der Waals surface area contributed by atoms with Gasteiger partial charge in [0.1, 0.15) is 11.5 Å². The van der Waals surface area contributed by atoms with Crippen LogP contribution in [0.4, 0.5) is 0 Å². The highest BCUT2D eigenvalue weighted by molar-refractivity contribution is 5.95. The smallest absolute Gasteiger partial charge is 0.251 e. The quantitative estimate of drug-likeness (QED) is 0.842. The Hall–Kier alpha value is -1.75. The van der Waals surface area contributed by atoms with E-state index >= 15 is 0 Å². The van der Waals surface area contributed by atoms with Crippen LogP contribution in [0.1, 0.15) is 10.4 Å². The number of ether oxygens (including phenoxy) is 3. The number of rotatable bonds is 4. The minimum absolute atomic E-state index is 0.111. The van der Waals surface area contributed by atoms with E-state index in [1.54, 1.807) is 32.4 Å². The summed E-state index contributed by atoms with van der Waals surface area (Å²) in [5.41, 5.74) is 0.521. The van der Waals surface area contributed by atoms with E-state index in [2.05, 4.69) is 5.32 Å². The van der Waals surface area contributed by atoms with E-state index in [1.807, 2.05) is 0 Å². The van der Waals surface area contributed by atoms with E-state index in [-0.39, 0.29) is 11.9 Å². The van der Waals surface area contributed by atoms with Gasteiger partial charge in [-0.15, -0.1) is 0 Å². The average molecular weight is 237 g/mol. The number of methoxy groups -OCH3 is 2. The summed E-state index contributed by atoms with van der Waals surface area (Å²) in [5.74, 6) is 1.05. The van der Waals surface area contributed by atoms with Crippen LogP contribution in [-0.4, -0.2) is 39.4 Å². The Morgan fingerprint density at radius 2 is 1.82 bits per heavy atom. The van der Waals surface area contributed by atoms with Crippen LogP contribution in [0.2, 0.25) is 0 Å². The van der Waals surface area contributed by atoms with Gasteiger partial charge in [-0.25, -0.2) is 0 Å². The van der Waals surface area contributed by atoms with Gasteiger partial charge < -0.3 is 19.5 Å². The number of carbonyl (C=O) groups excluding carboxylic acids is 1. The summed E-state index contributed by atoms with van der Waals surface area (Å²) in [7, 11) is 3.10. The van der Waals surface area contributed by atoms with Crippen molar-refractivity contribution in [2.75, 3.05) is 27.4 Å². The third-order valence-electron chi connectivity index (χ3n) is 2.59. The van der Waals surface area contributed by atoms with Crippen molar-refractivity contribution >= 4 is 5.91 Å². The molecule has 0 unspecified atom stereocenters. The zero-order valence-corrected chi connectivity index (χ0v) is 9.86. The molecule has 5 heteroatoms. The van der Waals surface area contributed by atoms with Gasteiger partial charge in [-0.05, 0) is 12.1 Å². The van der Waals surface area contributed by atoms with E-state index in [4.69, 9.17) is 14.2 Å². The average Bonchev–Trinajstić information content (AvgIpc) is 2.32. The molecule has 0 atom stereocenters. The molecule has 17 heavy (non-hydrogen) atoms. The molecule has 1 aromatic rings. The molecular weight excluding hydrogens is 222 g/mol. The summed E-state index contributed by atoms with van der Waals surface area (Å²) in [6, 6.07) is 5.19. The second-order valence-electron chi connectivity index (χ2n) is 3.81. The lowest BCUT2D eigenvalue weighted by molar-refractivity contribution is -0.00347. The first-order valence-electron chi connectivity index (χ1n) is 5.34. The van der Waals surface area contributed by atoms with Gasteiger partial charge in [0.2, 0.25) is 0 Å². The number of hydrogen-bond donors (Lipinski definition) is 1. The number of amides is 1. The molecular formula is C12H15NO4. The summed E-state index contributed by atoms with van der Waals surface area (Å²) in [4.78, 5) is 11.9. The van der Waals surface area contributed by atoms with Crippen molar-refractivity contribution in [1.29, 1.82) is 0 Å². The van der Waals surface area contributed by atoms with Gasteiger partial charge in [0.25, 0.3) is 5.91 Å². The maximum Gasteiger partial charge on any atom is 0.251 e. The molecule has 0 spiro atoms. The molecule has 0 saturated carbocycles. The molecule has 5 nitrogen and oxygen atoms in total. The number of carbonyl (C=O) groups is 1. The van der Waals surface area contributed by atoms with Crippen LogP contribution in [0.5, 0.6) is 11.5 Å². The standard InChI is InChI=1S/C12H15NO4/c1-15-10-3-8(4-11(5-10)16-2)12(14)13-9-6-17-7-9/h3-5,9H,6-7H2,1-2H3,(H,13,14). The fourth-order valence-electron chi connectivity index (χ4n) is 1.53. The van der Waals surface area contributed by atoms with E-state index in [0.717, 1.165) is 0 Å². The van der Waals surface area contributed by atoms with Crippen LogP contribution in [0.15, 0.2) is 18.2 Å². The minimum Gasteiger partial charge on any atom is -0.497 e. The number of nitrogens with one attached hydrogen (secondary N) is 1. The fourth-order valence-corrected chi connectivity index (χ4v) is 1.53. The monoisotopic (exact) mass is 237 g/mol. The lowest BCUT2D eigenvalue weighted by Crippen LogP contribution is -2.48. The lowest BCUT2D eigenvalue weighted by Gasteiger charge is -2.26. The second kappa shape index (κ2) is 5.05. The van der Waals surface area contributed by atoms with Gasteiger partial charge in [-0.2, -0.15) is 0 Å². The van der Waals surface area contributed by atoms with Gasteiger partial charge in [0, 0.05) is 11.6 Å². The molecule has 92 valence electrons. The molecule has 0 bridgehead atoms. The van der Waals surface area contributed by atoms with E-state index in [1.165, 1.54) is 0 Å². The van der Waals surface area contributed by atoms with Crippen molar-refractivity contribution in [3.05, 3.63) is 23.8 Å². The predicted molar refractivity (Wildman–Crippen MR) is 61.6 cm³/mol. The molecule has 1 aliphatic heterocycles. The summed E-state index contributed by atoms with van der Waals surface area (Å²) in [6.07, 6.45) is 0. The number of benzene rings is 1. The van der Waals surface area contributed by atoms with Crippen molar-refractivity contribution in [3.8, 4) is 11.5 Å². The van der Waals surface area contributed by atoms with Crippen LogP contribution < -0.4 is 14.8 Å². The van der Waals surface area contributed by atoms with Crippen molar-refractivity contribution in [2.24, 2.45) is 0 Å². The predicted octanol–water partition coefficient (Wildman–Crippen LogP) is 0.832. The maximum atomic E-state index is 11.9. The van der Waals surface area contributed by atoms with Gasteiger partial charge in [0.05, 0.1) is 33.5 Å². The maximum absolute atomic E-state index is 11.9. The molecule has 1 saturated heterocycles. The largest absolute Gasteiger partial charge is 0.497 e. The highest BCUT2D eigenvalue weighted by Crippen LogP contribution is 2.22. The molecule has 1 heterocycles. The van der Waals surface area contributed by atoms with Gasteiger partial charge in [0.15, 0.2) is 0 Å². The normalized spacial score (nSPS) is 14.9. The third kappa shape index (κ3) is 2.68. The van der Waals surface area contributed by atoms with Crippen LogP contribution in [0.3, 0.4) is 0 Å². The first-order valence-corrected chi connectivity index (χ1v) is 5.34. The summed E-state index contributed by atoms with van der Waals surface area (Å²) in [5, 5.41) is 2.86. The second-order valence-corrected chi connectivity index (χ2v) is 3.81. The Bertz CT molecular complexity index is 393. The van der Waals surface area contributed by atoms with Crippen molar-refractivity contribution in [1.82, 2.24) is 5.32 Å². The van der Waals surface area contributed by atoms with Gasteiger partial charge >= 0.3 is 0 Å². The Morgan fingerprint density at radius 3 is 2.24 bits per heavy atom. The summed E-state index contributed by atoms with van der Waals surface area (Å²) < 4.78 is 15.2. The van der Waals surface area contributed by atoms with Crippen LogP contribution >= 0.6 is 0 Å². The molecule has 0 aromatic heterocycles. The molecule has 1 aliphatic rings. The first kappa shape index (κ1) is 11.7.